The second-order valence-electron chi connectivity index (χ2n) is 3.98. The van der Waals surface area contributed by atoms with Crippen LogP contribution in [0.15, 0.2) is 24.3 Å². The molecule has 0 heterocycles. The number of carbonyl (C=O) groups is 1. The molecule has 0 aliphatic heterocycles. The number of carbonyl (C=O) groups excluding carboxylic acids is 1. The lowest BCUT2D eigenvalue weighted by molar-refractivity contribution is -0.139. The van der Waals surface area contributed by atoms with Crippen LogP contribution in [0, 0.1) is 0 Å². The maximum absolute atomic E-state index is 12.7. The molecule has 112 valence electrons. The van der Waals surface area contributed by atoms with Gasteiger partial charge in [-0.3, -0.25) is 4.79 Å². The smallest absolute Gasteiger partial charge is 0.419 e. The number of hydrogen-bond acceptors (Lipinski definition) is 3. The Hall–Kier alpha value is -1.76. The normalized spacial score (nSPS) is 11.2. The molecule has 1 N–H and O–H groups in total. The molecule has 0 fully saturated rings. The molecule has 0 aromatic heterocycles. The van der Waals surface area contributed by atoms with Crippen molar-refractivity contribution in [2.75, 3.05) is 26.9 Å². The van der Waals surface area contributed by atoms with Crippen molar-refractivity contribution in [1.29, 1.82) is 0 Å². The molecule has 0 aliphatic carbocycles. The molecule has 0 bridgehead atoms. The van der Waals surface area contributed by atoms with Crippen LogP contribution in [0.3, 0.4) is 0 Å². The number of ether oxygens (including phenoxy) is 2. The second-order valence-corrected chi connectivity index (χ2v) is 3.98. The first-order valence-corrected chi connectivity index (χ1v) is 6.00. The highest BCUT2D eigenvalue weighted by Crippen LogP contribution is 2.35. The SMILES string of the molecule is COCCCNC(=O)COc1ccccc1C(F)(F)F. The monoisotopic (exact) mass is 291 g/mol. The van der Waals surface area contributed by atoms with Crippen LogP contribution in [0.2, 0.25) is 0 Å². The van der Waals surface area contributed by atoms with Gasteiger partial charge in [0.1, 0.15) is 5.75 Å². The molecule has 1 amide bonds. The van der Waals surface area contributed by atoms with Crippen molar-refractivity contribution in [3.8, 4) is 5.75 Å². The van der Waals surface area contributed by atoms with Crippen molar-refractivity contribution in [3.63, 3.8) is 0 Å². The average molecular weight is 291 g/mol. The van der Waals surface area contributed by atoms with E-state index in [-0.39, 0.29) is 5.75 Å². The van der Waals surface area contributed by atoms with E-state index in [0.717, 1.165) is 6.07 Å². The van der Waals surface area contributed by atoms with Gasteiger partial charge >= 0.3 is 6.18 Å². The first kappa shape index (κ1) is 16.3. The zero-order valence-corrected chi connectivity index (χ0v) is 11.0. The van der Waals surface area contributed by atoms with Gasteiger partial charge in [0, 0.05) is 20.3 Å². The van der Waals surface area contributed by atoms with Crippen molar-refractivity contribution in [1.82, 2.24) is 5.32 Å². The number of benzene rings is 1. The van der Waals surface area contributed by atoms with E-state index in [4.69, 9.17) is 9.47 Å². The topological polar surface area (TPSA) is 47.6 Å². The molecule has 20 heavy (non-hydrogen) atoms. The largest absolute Gasteiger partial charge is 0.483 e. The summed E-state index contributed by atoms with van der Waals surface area (Å²) in [6, 6.07) is 4.77. The Morgan fingerprint density at radius 1 is 1.30 bits per heavy atom. The molecule has 0 saturated heterocycles. The van der Waals surface area contributed by atoms with Crippen LogP contribution in [0.25, 0.3) is 0 Å². The Kier molecular flexibility index (Phi) is 6.30. The van der Waals surface area contributed by atoms with E-state index in [2.05, 4.69) is 5.32 Å². The van der Waals surface area contributed by atoms with Gasteiger partial charge in [-0.15, -0.1) is 0 Å². The molecular weight excluding hydrogens is 275 g/mol. The molecule has 0 radical (unpaired) electrons. The molecule has 0 aliphatic rings. The van der Waals surface area contributed by atoms with E-state index < -0.39 is 24.3 Å². The summed E-state index contributed by atoms with van der Waals surface area (Å²) in [5, 5.41) is 2.52. The number of nitrogens with one attached hydrogen (secondary N) is 1. The summed E-state index contributed by atoms with van der Waals surface area (Å²) < 4.78 is 47.7. The summed E-state index contributed by atoms with van der Waals surface area (Å²) in [7, 11) is 1.54. The standard InChI is InChI=1S/C13H16F3NO3/c1-19-8-4-7-17-12(18)9-20-11-6-3-2-5-10(11)13(14,15)16/h2-3,5-6H,4,7-9H2,1H3,(H,17,18). The first-order chi connectivity index (χ1) is 9.45. The van der Waals surface area contributed by atoms with Crippen molar-refractivity contribution in [3.05, 3.63) is 29.8 Å². The van der Waals surface area contributed by atoms with E-state index in [1.807, 2.05) is 0 Å². The summed E-state index contributed by atoms with van der Waals surface area (Å²) >= 11 is 0. The van der Waals surface area contributed by atoms with Crippen LogP contribution in [0.1, 0.15) is 12.0 Å². The molecule has 7 heteroatoms. The highest BCUT2D eigenvalue weighted by atomic mass is 19.4. The quantitative estimate of drug-likeness (QED) is 0.784. The summed E-state index contributed by atoms with van der Waals surface area (Å²) in [4.78, 5) is 11.4. The average Bonchev–Trinajstić information content (AvgIpc) is 2.40. The maximum atomic E-state index is 12.7. The lowest BCUT2D eigenvalue weighted by Crippen LogP contribution is -2.30. The summed E-state index contributed by atoms with van der Waals surface area (Å²) in [5.74, 6) is -0.829. The molecule has 0 saturated carbocycles. The van der Waals surface area contributed by atoms with Crippen LogP contribution >= 0.6 is 0 Å². The van der Waals surface area contributed by atoms with Gasteiger partial charge in [0.05, 0.1) is 5.56 Å². The van der Waals surface area contributed by atoms with E-state index in [1.54, 1.807) is 7.11 Å². The number of alkyl halides is 3. The van der Waals surface area contributed by atoms with E-state index in [1.165, 1.54) is 18.2 Å². The van der Waals surface area contributed by atoms with Crippen molar-refractivity contribution < 1.29 is 27.4 Å². The fourth-order valence-electron chi connectivity index (χ4n) is 1.47. The van der Waals surface area contributed by atoms with Gasteiger partial charge in [-0.1, -0.05) is 12.1 Å². The van der Waals surface area contributed by atoms with Crippen LogP contribution in [-0.4, -0.2) is 32.8 Å². The van der Waals surface area contributed by atoms with Gasteiger partial charge in [-0.25, -0.2) is 0 Å². The molecule has 1 aromatic rings. The van der Waals surface area contributed by atoms with Crippen molar-refractivity contribution in [2.45, 2.75) is 12.6 Å². The number of para-hydroxylation sites is 1. The lowest BCUT2D eigenvalue weighted by atomic mass is 10.2. The van der Waals surface area contributed by atoms with Gasteiger partial charge in [0.15, 0.2) is 6.61 Å². The Morgan fingerprint density at radius 3 is 2.65 bits per heavy atom. The molecule has 0 unspecified atom stereocenters. The van der Waals surface area contributed by atoms with Crippen LogP contribution in [0.5, 0.6) is 5.75 Å². The second kappa shape index (κ2) is 7.74. The molecule has 1 rings (SSSR count). The number of methoxy groups -OCH3 is 1. The predicted molar refractivity (Wildman–Crippen MR) is 66.4 cm³/mol. The number of halogens is 3. The molecular formula is C13H16F3NO3. The highest BCUT2D eigenvalue weighted by Gasteiger charge is 2.34. The van der Waals surface area contributed by atoms with Crippen LogP contribution in [0.4, 0.5) is 13.2 Å². The van der Waals surface area contributed by atoms with Crippen LogP contribution in [-0.2, 0) is 15.7 Å². The zero-order chi connectivity index (χ0) is 15.0. The van der Waals surface area contributed by atoms with Crippen molar-refractivity contribution >= 4 is 5.91 Å². The first-order valence-electron chi connectivity index (χ1n) is 6.00. The predicted octanol–water partition coefficient (Wildman–Crippen LogP) is 2.24. The Labute approximate surface area is 114 Å². The van der Waals surface area contributed by atoms with E-state index in [0.29, 0.717) is 19.6 Å². The number of hydrogen-bond donors (Lipinski definition) is 1. The fraction of sp³-hybridized carbons (Fsp3) is 0.462. The Balaban J connectivity index is 2.48. The van der Waals surface area contributed by atoms with Gasteiger partial charge in [-0.2, -0.15) is 13.2 Å². The van der Waals surface area contributed by atoms with Gasteiger partial charge in [-0.05, 0) is 18.6 Å². The fourth-order valence-corrected chi connectivity index (χ4v) is 1.47. The van der Waals surface area contributed by atoms with Gasteiger partial charge in [0.25, 0.3) is 5.91 Å². The summed E-state index contributed by atoms with van der Waals surface area (Å²) in [5.41, 5.74) is -0.896. The van der Waals surface area contributed by atoms with Crippen LogP contribution < -0.4 is 10.1 Å². The molecule has 0 atom stereocenters. The lowest BCUT2D eigenvalue weighted by Gasteiger charge is -2.13. The zero-order valence-electron chi connectivity index (χ0n) is 11.0. The minimum atomic E-state index is -4.51. The summed E-state index contributed by atoms with van der Waals surface area (Å²) in [6.07, 6.45) is -3.88. The highest BCUT2D eigenvalue weighted by molar-refractivity contribution is 5.77. The van der Waals surface area contributed by atoms with Gasteiger partial charge in [0.2, 0.25) is 0 Å². The van der Waals surface area contributed by atoms with Crippen molar-refractivity contribution in [2.24, 2.45) is 0 Å². The Morgan fingerprint density at radius 2 is 2.00 bits per heavy atom. The Bertz CT molecular complexity index is 435. The number of rotatable bonds is 7. The van der Waals surface area contributed by atoms with Gasteiger partial charge < -0.3 is 14.8 Å². The minimum Gasteiger partial charge on any atom is -0.483 e. The van der Waals surface area contributed by atoms with E-state index >= 15 is 0 Å². The van der Waals surface area contributed by atoms with E-state index in [9.17, 15) is 18.0 Å². The molecule has 4 nitrogen and oxygen atoms in total. The third-order valence-electron chi connectivity index (χ3n) is 2.40. The molecule has 1 aromatic carbocycles. The third-order valence-corrected chi connectivity index (χ3v) is 2.40. The molecule has 0 spiro atoms. The minimum absolute atomic E-state index is 0.355. The summed E-state index contributed by atoms with van der Waals surface area (Å²) in [6.45, 7) is 0.426. The third kappa shape index (κ3) is 5.48. The number of amides is 1. The maximum Gasteiger partial charge on any atom is 0.419 e.